The molecular formula is C20H15ClN4O. The van der Waals surface area contributed by atoms with E-state index in [-0.39, 0.29) is 12.3 Å². The van der Waals surface area contributed by atoms with Gasteiger partial charge >= 0.3 is 0 Å². The highest BCUT2D eigenvalue weighted by molar-refractivity contribution is 6.34. The highest BCUT2D eigenvalue weighted by Gasteiger charge is 2.12. The molecule has 3 aromatic carbocycles. The zero-order chi connectivity index (χ0) is 17.9. The molecule has 0 saturated heterocycles. The van der Waals surface area contributed by atoms with E-state index in [9.17, 15) is 4.79 Å². The van der Waals surface area contributed by atoms with Crippen LogP contribution >= 0.6 is 11.6 Å². The SMILES string of the molecule is O=C(Cc1ccccc1)Nc1cc2nn(-c3ccccc3)nc2cc1Cl. The van der Waals surface area contributed by atoms with Crippen LogP contribution < -0.4 is 5.32 Å². The number of hydrogen-bond acceptors (Lipinski definition) is 3. The molecule has 0 aliphatic carbocycles. The van der Waals surface area contributed by atoms with Crippen LogP contribution in [0.15, 0.2) is 72.8 Å². The molecule has 0 bridgehead atoms. The van der Waals surface area contributed by atoms with Crippen LogP contribution in [0.5, 0.6) is 0 Å². The Morgan fingerprint density at radius 3 is 2.23 bits per heavy atom. The van der Waals surface area contributed by atoms with Gasteiger partial charge in [-0.1, -0.05) is 60.1 Å². The van der Waals surface area contributed by atoms with Crippen molar-refractivity contribution >= 4 is 34.2 Å². The summed E-state index contributed by atoms with van der Waals surface area (Å²) in [5.74, 6) is -0.132. The van der Waals surface area contributed by atoms with Crippen LogP contribution in [-0.2, 0) is 11.2 Å². The summed E-state index contributed by atoms with van der Waals surface area (Å²) in [6.07, 6.45) is 0.284. The van der Waals surface area contributed by atoms with Gasteiger partial charge in [-0.2, -0.15) is 4.80 Å². The van der Waals surface area contributed by atoms with Crippen molar-refractivity contribution in [1.29, 1.82) is 0 Å². The van der Waals surface area contributed by atoms with Crippen molar-refractivity contribution < 1.29 is 4.79 Å². The van der Waals surface area contributed by atoms with Gasteiger partial charge < -0.3 is 5.32 Å². The van der Waals surface area contributed by atoms with Crippen molar-refractivity contribution in [3.8, 4) is 5.69 Å². The summed E-state index contributed by atoms with van der Waals surface area (Å²) >= 11 is 6.31. The predicted molar refractivity (Wildman–Crippen MR) is 103 cm³/mol. The van der Waals surface area contributed by atoms with Crippen LogP contribution in [0.3, 0.4) is 0 Å². The third-order valence-corrected chi connectivity index (χ3v) is 4.25. The van der Waals surface area contributed by atoms with Gasteiger partial charge in [0.1, 0.15) is 11.0 Å². The van der Waals surface area contributed by atoms with Crippen molar-refractivity contribution in [2.24, 2.45) is 0 Å². The van der Waals surface area contributed by atoms with E-state index in [0.717, 1.165) is 11.3 Å². The number of hydrogen-bond donors (Lipinski definition) is 1. The second-order valence-electron chi connectivity index (χ2n) is 5.86. The van der Waals surface area contributed by atoms with Gasteiger partial charge in [0.2, 0.25) is 5.91 Å². The van der Waals surface area contributed by atoms with Crippen LogP contribution in [0, 0.1) is 0 Å². The minimum atomic E-state index is -0.132. The van der Waals surface area contributed by atoms with Gasteiger partial charge in [-0.05, 0) is 29.8 Å². The number of carbonyl (C=O) groups excluding carboxylic acids is 1. The number of halogens is 1. The van der Waals surface area contributed by atoms with E-state index in [1.165, 1.54) is 0 Å². The Hall–Kier alpha value is -3.18. The highest BCUT2D eigenvalue weighted by Crippen LogP contribution is 2.27. The van der Waals surface area contributed by atoms with Crippen LogP contribution in [0.4, 0.5) is 5.69 Å². The molecule has 1 amide bonds. The number of aromatic nitrogens is 3. The average molecular weight is 363 g/mol. The maximum Gasteiger partial charge on any atom is 0.228 e. The molecule has 5 nitrogen and oxygen atoms in total. The first-order valence-corrected chi connectivity index (χ1v) is 8.53. The third kappa shape index (κ3) is 3.43. The lowest BCUT2D eigenvalue weighted by atomic mass is 10.1. The summed E-state index contributed by atoms with van der Waals surface area (Å²) in [5, 5.41) is 12.2. The topological polar surface area (TPSA) is 59.8 Å². The molecular weight excluding hydrogens is 348 g/mol. The number of benzene rings is 3. The molecule has 0 atom stereocenters. The molecule has 1 aromatic heterocycles. The van der Waals surface area contributed by atoms with Gasteiger partial charge in [0.15, 0.2) is 0 Å². The Labute approximate surface area is 155 Å². The monoisotopic (exact) mass is 362 g/mol. The molecule has 0 fully saturated rings. The van der Waals surface area contributed by atoms with Gasteiger partial charge in [0.05, 0.1) is 22.8 Å². The lowest BCUT2D eigenvalue weighted by Gasteiger charge is -2.07. The number of fused-ring (bicyclic) bond motifs is 1. The summed E-state index contributed by atoms with van der Waals surface area (Å²) in [6.45, 7) is 0. The molecule has 6 heteroatoms. The van der Waals surface area contributed by atoms with E-state index in [2.05, 4.69) is 15.5 Å². The lowest BCUT2D eigenvalue weighted by molar-refractivity contribution is -0.115. The quantitative estimate of drug-likeness (QED) is 0.590. The van der Waals surface area contributed by atoms with Crippen LogP contribution in [0.2, 0.25) is 5.02 Å². The number of nitrogens with zero attached hydrogens (tertiary/aromatic N) is 3. The largest absolute Gasteiger partial charge is 0.324 e. The number of amides is 1. The normalized spacial score (nSPS) is 10.8. The Morgan fingerprint density at radius 2 is 1.54 bits per heavy atom. The third-order valence-electron chi connectivity index (χ3n) is 3.94. The zero-order valence-corrected chi connectivity index (χ0v) is 14.5. The molecule has 128 valence electrons. The van der Waals surface area contributed by atoms with E-state index in [1.807, 2.05) is 60.7 Å². The second-order valence-corrected chi connectivity index (χ2v) is 6.26. The number of nitrogens with one attached hydrogen (secondary N) is 1. The Balaban J connectivity index is 1.59. The Bertz CT molecular complexity index is 1060. The number of anilines is 1. The first-order valence-electron chi connectivity index (χ1n) is 8.15. The van der Waals surface area contributed by atoms with E-state index in [0.29, 0.717) is 21.7 Å². The second kappa shape index (κ2) is 6.98. The van der Waals surface area contributed by atoms with Crippen LogP contribution in [0.25, 0.3) is 16.7 Å². The zero-order valence-electron chi connectivity index (χ0n) is 13.8. The van der Waals surface area contributed by atoms with Crippen molar-refractivity contribution in [3.63, 3.8) is 0 Å². The molecule has 4 aromatic rings. The number of carbonyl (C=O) groups is 1. The summed E-state index contributed by atoms with van der Waals surface area (Å²) in [5.41, 5.74) is 3.65. The summed E-state index contributed by atoms with van der Waals surface area (Å²) in [6, 6.07) is 22.6. The van der Waals surface area contributed by atoms with Gasteiger partial charge in [-0.15, -0.1) is 10.2 Å². The van der Waals surface area contributed by atoms with Crippen LogP contribution in [-0.4, -0.2) is 20.9 Å². The maximum absolute atomic E-state index is 12.3. The van der Waals surface area contributed by atoms with Crippen molar-refractivity contribution in [2.45, 2.75) is 6.42 Å². The number of para-hydroxylation sites is 1. The summed E-state index contributed by atoms with van der Waals surface area (Å²) in [4.78, 5) is 13.8. The minimum absolute atomic E-state index is 0.132. The standard InChI is InChI=1S/C20H15ClN4O/c21-16-12-18-19(24-25(23-18)15-9-5-2-6-10-15)13-17(16)22-20(26)11-14-7-3-1-4-8-14/h1-10,12-13H,11H2,(H,22,26). The molecule has 1 heterocycles. The molecule has 0 aliphatic heterocycles. The molecule has 0 unspecified atom stereocenters. The molecule has 0 spiro atoms. The van der Waals surface area contributed by atoms with E-state index in [1.54, 1.807) is 16.9 Å². The van der Waals surface area contributed by atoms with E-state index in [4.69, 9.17) is 11.6 Å². The van der Waals surface area contributed by atoms with Gasteiger partial charge in [-0.25, -0.2) is 0 Å². The fraction of sp³-hybridized carbons (Fsp3) is 0.0500. The van der Waals surface area contributed by atoms with Crippen molar-refractivity contribution in [1.82, 2.24) is 15.0 Å². The summed E-state index contributed by atoms with van der Waals surface area (Å²) in [7, 11) is 0. The lowest BCUT2D eigenvalue weighted by Crippen LogP contribution is -2.14. The molecule has 4 rings (SSSR count). The van der Waals surface area contributed by atoms with E-state index < -0.39 is 0 Å². The van der Waals surface area contributed by atoms with Crippen LogP contribution in [0.1, 0.15) is 5.56 Å². The predicted octanol–water partition coefficient (Wildman–Crippen LogP) is 4.26. The number of rotatable bonds is 4. The first kappa shape index (κ1) is 16.3. The minimum Gasteiger partial charge on any atom is -0.324 e. The van der Waals surface area contributed by atoms with Gasteiger partial charge in [0, 0.05) is 0 Å². The van der Waals surface area contributed by atoms with Gasteiger partial charge in [0.25, 0.3) is 0 Å². The van der Waals surface area contributed by atoms with Gasteiger partial charge in [-0.3, -0.25) is 4.79 Å². The Morgan fingerprint density at radius 1 is 0.923 bits per heavy atom. The van der Waals surface area contributed by atoms with E-state index >= 15 is 0 Å². The smallest absolute Gasteiger partial charge is 0.228 e. The highest BCUT2D eigenvalue weighted by atomic mass is 35.5. The fourth-order valence-corrected chi connectivity index (χ4v) is 2.89. The summed E-state index contributed by atoms with van der Waals surface area (Å²) < 4.78 is 0. The van der Waals surface area contributed by atoms with Crippen molar-refractivity contribution in [3.05, 3.63) is 83.4 Å². The molecule has 0 aliphatic rings. The fourth-order valence-electron chi connectivity index (χ4n) is 2.69. The maximum atomic E-state index is 12.3. The molecule has 26 heavy (non-hydrogen) atoms. The Kier molecular flexibility index (Phi) is 4.37. The molecule has 1 N–H and O–H groups in total. The average Bonchev–Trinajstić information content (AvgIpc) is 3.06. The van der Waals surface area contributed by atoms with Crippen molar-refractivity contribution in [2.75, 3.05) is 5.32 Å². The first-order chi connectivity index (χ1) is 12.7. The molecule has 0 saturated carbocycles. The molecule has 0 radical (unpaired) electrons.